The number of amides is 1. The number of carbonyl (C=O) groups excluding carboxylic acids is 1. The Balaban J connectivity index is 1.80. The van der Waals surface area contributed by atoms with E-state index in [9.17, 15) is 4.79 Å². The molecule has 1 aliphatic rings. The molecule has 2 rings (SSSR count). The second-order valence-electron chi connectivity index (χ2n) is 4.82. The second-order valence-corrected chi connectivity index (χ2v) is 4.82. The van der Waals surface area contributed by atoms with Crippen LogP contribution in [0.1, 0.15) is 44.1 Å². The molecule has 1 saturated carbocycles. The van der Waals surface area contributed by atoms with Gasteiger partial charge in [-0.25, -0.2) is 4.79 Å². The van der Waals surface area contributed by atoms with Crippen molar-refractivity contribution < 1.29 is 9.53 Å². The Labute approximate surface area is 109 Å². The molecule has 18 heavy (non-hydrogen) atoms. The van der Waals surface area contributed by atoms with Crippen molar-refractivity contribution in [1.29, 1.82) is 0 Å². The first-order chi connectivity index (χ1) is 8.79. The van der Waals surface area contributed by atoms with E-state index in [1.54, 1.807) is 0 Å². The Morgan fingerprint density at radius 1 is 1.22 bits per heavy atom. The molecule has 0 aliphatic heterocycles. The summed E-state index contributed by atoms with van der Waals surface area (Å²) in [6, 6.07) is 10.9. The van der Waals surface area contributed by atoms with Crippen LogP contribution in [0.15, 0.2) is 30.3 Å². The van der Waals surface area contributed by atoms with Crippen LogP contribution in [0, 0.1) is 0 Å². The second kappa shape index (κ2) is 6.43. The van der Waals surface area contributed by atoms with E-state index in [1.165, 1.54) is 5.56 Å². The van der Waals surface area contributed by atoms with Crippen LogP contribution in [0.5, 0.6) is 0 Å². The van der Waals surface area contributed by atoms with Gasteiger partial charge in [-0.2, -0.15) is 0 Å². The van der Waals surface area contributed by atoms with Crippen LogP contribution < -0.4 is 5.32 Å². The molecule has 1 aromatic carbocycles. The predicted molar refractivity (Wildman–Crippen MR) is 71.6 cm³/mol. The molecule has 1 fully saturated rings. The summed E-state index contributed by atoms with van der Waals surface area (Å²) in [7, 11) is 0. The molecule has 1 aromatic rings. The van der Waals surface area contributed by atoms with Gasteiger partial charge in [0.2, 0.25) is 0 Å². The summed E-state index contributed by atoms with van der Waals surface area (Å²) in [6.07, 6.45) is 4.08. The minimum Gasteiger partial charge on any atom is -0.450 e. The molecule has 0 radical (unpaired) electrons. The highest BCUT2D eigenvalue weighted by molar-refractivity contribution is 5.67. The fourth-order valence-corrected chi connectivity index (χ4v) is 2.64. The van der Waals surface area contributed by atoms with Crippen LogP contribution in [0.3, 0.4) is 0 Å². The Hall–Kier alpha value is -1.51. The van der Waals surface area contributed by atoms with Crippen molar-refractivity contribution in [1.82, 2.24) is 5.32 Å². The van der Waals surface area contributed by atoms with Gasteiger partial charge in [-0.3, -0.25) is 0 Å². The smallest absolute Gasteiger partial charge is 0.407 e. The van der Waals surface area contributed by atoms with E-state index in [0.29, 0.717) is 12.5 Å². The fourth-order valence-electron chi connectivity index (χ4n) is 2.64. The Morgan fingerprint density at radius 2 is 1.89 bits per heavy atom. The molecule has 1 amide bonds. The van der Waals surface area contributed by atoms with Crippen molar-refractivity contribution in [3.8, 4) is 0 Å². The molecule has 0 heterocycles. The van der Waals surface area contributed by atoms with Crippen LogP contribution in [-0.2, 0) is 4.74 Å². The van der Waals surface area contributed by atoms with Gasteiger partial charge < -0.3 is 10.1 Å². The molecule has 0 aromatic heterocycles. The van der Waals surface area contributed by atoms with Gasteiger partial charge in [0.1, 0.15) is 0 Å². The summed E-state index contributed by atoms with van der Waals surface area (Å²) in [4.78, 5) is 11.3. The van der Waals surface area contributed by atoms with Gasteiger partial charge in [0, 0.05) is 6.04 Å². The molecular weight excluding hydrogens is 226 g/mol. The maximum Gasteiger partial charge on any atom is 0.407 e. The van der Waals surface area contributed by atoms with Crippen molar-refractivity contribution in [2.45, 2.75) is 44.6 Å². The van der Waals surface area contributed by atoms with Gasteiger partial charge in [0.05, 0.1) is 6.61 Å². The quantitative estimate of drug-likeness (QED) is 0.888. The van der Waals surface area contributed by atoms with Crippen LogP contribution in [-0.4, -0.2) is 18.7 Å². The molecular formula is C15H21NO2. The summed E-state index contributed by atoms with van der Waals surface area (Å²) in [5, 5.41) is 2.93. The zero-order valence-corrected chi connectivity index (χ0v) is 10.9. The van der Waals surface area contributed by atoms with Crippen LogP contribution in [0.25, 0.3) is 0 Å². The summed E-state index contributed by atoms with van der Waals surface area (Å²) in [6.45, 7) is 2.26. The minimum atomic E-state index is -0.277. The predicted octanol–water partition coefficient (Wildman–Crippen LogP) is 3.46. The SMILES string of the molecule is CCOC(=O)NC1CCC(c2ccccc2)CC1. The average Bonchev–Trinajstić information content (AvgIpc) is 2.41. The van der Waals surface area contributed by atoms with Crippen molar-refractivity contribution in [2.24, 2.45) is 0 Å². The zero-order chi connectivity index (χ0) is 12.8. The molecule has 98 valence electrons. The lowest BCUT2D eigenvalue weighted by molar-refractivity contribution is 0.144. The number of carbonyl (C=O) groups is 1. The summed E-state index contributed by atoms with van der Waals surface area (Å²) >= 11 is 0. The number of hydrogen-bond acceptors (Lipinski definition) is 2. The topological polar surface area (TPSA) is 38.3 Å². The largest absolute Gasteiger partial charge is 0.450 e. The summed E-state index contributed by atoms with van der Waals surface area (Å²) in [5.74, 6) is 0.645. The van der Waals surface area contributed by atoms with E-state index >= 15 is 0 Å². The lowest BCUT2D eigenvalue weighted by atomic mass is 9.82. The van der Waals surface area contributed by atoms with Crippen molar-refractivity contribution >= 4 is 6.09 Å². The van der Waals surface area contributed by atoms with E-state index in [1.807, 2.05) is 6.92 Å². The van der Waals surface area contributed by atoms with E-state index in [-0.39, 0.29) is 12.1 Å². The highest BCUT2D eigenvalue weighted by Crippen LogP contribution is 2.32. The summed E-state index contributed by atoms with van der Waals surface area (Å²) < 4.78 is 4.91. The van der Waals surface area contributed by atoms with Gasteiger partial charge in [-0.15, -0.1) is 0 Å². The standard InChI is InChI=1S/C15H21NO2/c1-2-18-15(17)16-14-10-8-13(9-11-14)12-6-4-3-5-7-12/h3-7,13-14H,2,8-11H2,1H3,(H,16,17). The van der Waals surface area contributed by atoms with Gasteiger partial charge >= 0.3 is 6.09 Å². The molecule has 3 nitrogen and oxygen atoms in total. The van der Waals surface area contributed by atoms with Crippen molar-refractivity contribution in [2.75, 3.05) is 6.61 Å². The molecule has 0 unspecified atom stereocenters. The van der Waals surface area contributed by atoms with E-state index in [4.69, 9.17) is 4.74 Å². The molecule has 3 heteroatoms. The average molecular weight is 247 g/mol. The van der Waals surface area contributed by atoms with E-state index in [2.05, 4.69) is 35.6 Å². The minimum absolute atomic E-state index is 0.277. The molecule has 0 saturated heterocycles. The fraction of sp³-hybridized carbons (Fsp3) is 0.533. The third-order valence-corrected chi connectivity index (χ3v) is 3.60. The number of benzene rings is 1. The van der Waals surface area contributed by atoms with Gasteiger partial charge in [-0.05, 0) is 44.1 Å². The maximum absolute atomic E-state index is 11.3. The number of hydrogen-bond donors (Lipinski definition) is 1. The molecule has 0 atom stereocenters. The van der Waals surface area contributed by atoms with Gasteiger partial charge in [0.25, 0.3) is 0 Å². The zero-order valence-electron chi connectivity index (χ0n) is 10.9. The monoisotopic (exact) mass is 247 g/mol. The Morgan fingerprint density at radius 3 is 2.50 bits per heavy atom. The highest BCUT2D eigenvalue weighted by atomic mass is 16.5. The summed E-state index contributed by atoms with van der Waals surface area (Å²) in [5.41, 5.74) is 1.42. The van der Waals surface area contributed by atoms with E-state index < -0.39 is 0 Å². The number of ether oxygens (including phenoxy) is 1. The normalized spacial score (nSPS) is 23.4. The first kappa shape index (κ1) is 12.9. The molecule has 1 N–H and O–H groups in total. The number of nitrogens with one attached hydrogen (secondary N) is 1. The lowest BCUT2D eigenvalue weighted by Gasteiger charge is -2.29. The molecule has 0 spiro atoms. The first-order valence-electron chi connectivity index (χ1n) is 6.78. The maximum atomic E-state index is 11.3. The highest BCUT2D eigenvalue weighted by Gasteiger charge is 2.23. The Bertz CT molecular complexity index is 369. The first-order valence-corrected chi connectivity index (χ1v) is 6.78. The van der Waals surface area contributed by atoms with Gasteiger partial charge in [0.15, 0.2) is 0 Å². The third kappa shape index (κ3) is 3.49. The van der Waals surface area contributed by atoms with Gasteiger partial charge in [-0.1, -0.05) is 30.3 Å². The third-order valence-electron chi connectivity index (χ3n) is 3.60. The number of rotatable bonds is 3. The Kier molecular flexibility index (Phi) is 4.62. The van der Waals surface area contributed by atoms with Crippen LogP contribution in [0.2, 0.25) is 0 Å². The molecule has 0 bridgehead atoms. The van der Waals surface area contributed by atoms with E-state index in [0.717, 1.165) is 25.7 Å². The van der Waals surface area contributed by atoms with Crippen LogP contribution in [0.4, 0.5) is 4.79 Å². The number of alkyl carbamates (subject to hydrolysis) is 1. The van der Waals surface area contributed by atoms with Crippen molar-refractivity contribution in [3.63, 3.8) is 0 Å². The van der Waals surface area contributed by atoms with Crippen LogP contribution >= 0.6 is 0 Å². The molecule has 1 aliphatic carbocycles. The lowest BCUT2D eigenvalue weighted by Crippen LogP contribution is -2.37. The van der Waals surface area contributed by atoms with Crippen molar-refractivity contribution in [3.05, 3.63) is 35.9 Å².